The number of aromatic nitrogens is 2. The second kappa shape index (κ2) is 9.06. The normalized spacial score (nSPS) is 23.3. The zero-order valence-corrected chi connectivity index (χ0v) is 18.4. The molecular formula is C24H31N5O2. The average Bonchev–Trinajstić information content (AvgIpc) is 2.78. The van der Waals surface area contributed by atoms with Crippen molar-refractivity contribution in [1.29, 1.82) is 0 Å². The lowest BCUT2D eigenvalue weighted by molar-refractivity contribution is -0.116. The van der Waals surface area contributed by atoms with Crippen molar-refractivity contribution in [3.63, 3.8) is 0 Å². The molecule has 31 heavy (non-hydrogen) atoms. The predicted molar refractivity (Wildman–Crippen MR) is 123 cm³/mol. The number of piperidine rings is 2. The number of anilines is 1. The molecule has 2 fully saturated rings. The molecule has 7 nitrogen and oxygen atoms in total. The molecule has 0 aliphatic carbocycles. The lowest BCUT2D eigenvalue weighted by Gasteiger charge is -2.43. The van der Waals surface area contributed by atoms with E-state index in [4.69, 9.17) is 0 Å². The number of nitrogens with one attached hydrogen (secondary N) is 2. The van der Waals surface area contributed by atoms with Crippen LogP contribution in [0.15, 0.2) is 36.4 Å². The van der Waals surface area contributed by atoms with Crippen LogP contribution in [0.3, 0.4) is 0 Å². The molecule has 1 aromatic carbocycles. The Hall–Kier alpha value is -2.93. The number of rotatable bonds is 5. The number of nitrogens with zero attached hydrogens (tertiary/aromatic N) is 3. The lowest BCUT2D eigenvalue weighted by atomic mass is 9.83. The van der Waals surface area contributed by atoms with Crippen LogP contribution in [0.1, 0.15) is 44.6 Å². The Morgan fingerprint density at radius 3 is 2.55 bits per heavy atom. The molecule has 0 unspecified atom stereocenters. The van der Waals surface area contributed by atoms with Gasteiger partial charge in [-0.05, 0) is 68.0 Å². The van der Waals surface area contributed by atoms with Gasteiger partial charge in [0, 0.05) is 43.9 Å². The van der Waals surface area contributed by atoms with Gasteiger partial charge in [0.2, 0.25) is 5.91 Å². The summed E-state index contributed by atoms with van der Waals surface area (Å²) >= 11 is 0. The van der Waals surface area contributed by atoms with Crippen LogP contribution in [-0.2, 0) is 4.79 Å². The van der Waals surface area contributed by atoms with E-state index in [1.165, 1.54) is 25.3 Å². The zero-order chi connectivity index (χ0) is 22.0. The first-order chi connectivity index (χ1) is 14.9. The van der Waals surface area contributed by atoms with Gasteiger partial charge in [-0.3, -0.25) is 4.79 Å². The Morgan fingerprint density at radius 1 is 1.19 bits per heavy atom. The van der Waals surface area contributed by atoms with Crippen molar-refractivity contribution in [2.45, 2.75) is 57.2 Å². The largest absolute Gasteiger partial charge is 0.507 e. The molecule has 164 valence electrons. The fourth-order valence-electron chi connectivity index (χ4n) is 4.74. The van der Waals surface area contributed by atoms with Crippen LogP contribution >= 0.6 is 0 Å². The first-order valence-electron chi connectivity index (χ1n) is 11.0. The number of likely N-dealkylation sites (N-methyl/N-ethyl adjacent to an activating group) is 1. The van der Waals surface area contributed by atoms with E-state index in [-0.39, 0.29) is 11.7 Å². The standard InChI is InChI=1S/C24H31N5O2/c1-15(11-24(31)25-2)16-7-8-20(22(30)12-16)21-9-10-23(28-27-21)29(3)19-13-17-5-4-6-18(14-19)26-17/h7-12,17-19,26,30H,4-6,13-14H2,1-3H3,(H,25,31)/b15-11+/t17-,18+,19+. The van der Waals surface area contributed by atoms with Crippen LogP contribution in [0.5, 0.6) is 5.75 Å². The second-order valence-corrected chi connectivity index (χ2v) is 8.68. The van der Waals surface area contributed by atoms with E-state index < -0.39 is 0 Å². The van der Waals surface area contributed by atoms with Crippen LogP contribution in [0.2, 0.25) is 0 Å². The zero-order valence-electron chi connectivity index (χ0n) is 18.4. The van der Waals surface area contributed by atoms with Crippen LogP contribution in [0.4, 0.5) is 5.82 Å². The minimum Gasteiger partial charge on any atom is -0.507 e. The molecule has 7 heteroatoms. The second-order valence-electron chi connectivity index (χ2n) is 8.68. The number of hydrogen-bond acceptors (Lipinski definition) is 6. The van der Waals surface area contributed by atoms with Gasteiger partial charge in [0.1, 0.15) is 5.75 Å². The highest BCUT2D eigenvalue weighted by molar-refractivity contribution is 5.94. The summed E-state index contributed by atoms with van der Waals surface area (Å²) in [7, 11) is 3.69. The average molecular weight is 422 g/mol. The maximum absolute atomic E-state index is 11.6. The SMILES string of the molecule is CNC(=O)/C=C(\C)c1ccc(-c2ccc(N(C)[C@H]3C[C@H]4CCC[C@@H](C3)N4)nn2)c(O)c1. The number of fused-ring (bicyclic) bond motifs is 2. The topological polar surface area (TPSA) is 90.4 Å². The van der Waals surface area contributed by atoms with Gasteiger partial charge >= 0.3 is 0 Å². The fourth-order valence-corrected chi connectivity index (χ4v) is 4.74. The van der Waals surface area contributed by atoms with E-state index >= 15 is 0 Å². The molecule has 1 aromatic heterocycles. The van der Waals surface area contributed by atoms with Crippen molar-refractivity contribution in [1.82, 2.24) is 20.8 Å². The quantitative estimate of drug-likeness (QED) is 0.643. The van der Waals surface area contributed by atoms with Crippen LogP contribution in [-0.4, -0.2) is 53.4 Å². The molecule has 2 aliphatic rings. The highest BCUT2D eigenvalue weighted by atomic mass is 16.3. The number of carbonyl (C=O) groups excluding carboxylic acids is 1. The van der Waals surface area contributed by atoms with Gasteiger partial charge < -0.3 is 20.6 Å². The summed E-state index contributed by atoms with van der Waals surface area (Å²) in [5, 5.41) is 25.7. The van der Waals surface area contributed by atoms with Gasteiger partial charge in [-0.25, -0.2) is 0 Å². The number of allylic oxidation sites excluding steroid dienone is 1. The molecule has 1 amide bonds. The molecule has 0 spiro atoms. The summed E-state index contributed by atoms with van der Waals surface area (Å²) < 4.78 is 0. The summed E-state index contributed by atoms with van der Waals surface area (Å²) in [6.45, 7) is 1.84. The van der Waals surface area contributed by atoms with Crippen molar-refractivity contribution < 1.29 is 9.90 Å². The molecule has 2 bridgehead atoms. The van der Waals surface area contributed by atoms with Gasteiger partial charge in [-0.1, -0.05) is 12.5 Å². The molecule has 3 N–H and O–H groups in total. The molecule has 2 saturated heterocycles. The minimum absolute atomic E-state index is 0.115. The number of phenols is 1. The maximum atomic E-state index is 11.6. The number of amides is 1. The lowest BCUT2D eigenvalue weighted by Crippen LogP contribution is -2.54. The summed E-state index contributed by atoms with van der Waals surface area (Å²) in [6, 6.07) is 10.9. The van der Waals surface area contributed by atoms with Gasteiger partial charge in [0.05, 0.1) is 5.69 Å². The van der Waals surface area contributed by atoms with Crippen molar-refractivity contribution in [3.8, 4) is 17.0 Å². The number of carbonyl (C=O) groups is 1. The molecular weight excluding hydrogens is 390 g/mol. The third-order valence-corrected chi connectivity index (χ3v) is 6.57. The first-order valence-corrected chi connectivity index (χ1v) is 11.0. The van der Waals surface area contributed by atoms with Crippen molar-refractivity contribution in [2.24, 2.45) is 0 Å². The van der Waals surface area contributed by atoms with E-state index in [1.807, 2.05) is 31.2 Å². The number of phenolic OH excluding ortho intramolecular Hbond substituents is 1. The van der Waals surface area contributed by atoms with Crippen LogP contribution < -0.4 is 15.5 Å². The van der Waals surface area contributed by atoms with Gasteiger partial charge in [-0.2, -0.15) is 0 Å². The van der Waals surface area contributed by atoms with Crippen LogP contribution in [0, 0.1) is 0 Å². The Morgan fingerprint density at radius 2 is 1.94 bits per heavy atom. The maximum Gasteiger partial charge on any atom is 0.244 e. The highest BCUT2D eigenvalue weighted by Gasteiger charge is 2.33. The number of benzene rings is 1. The van der Waals surface area contributed by atoms with E-state index in [1.54, 1.807) is 13.1 Å². The Balaban J connectivity index is 1.49. The van der Waals surface area contributed by atoms with Crippen LogP contribution in [0.25, 0.3) is 16.8 Å². The fraction of sp³-hybridized carbons (Fsp3) is 0.458. The summed E-state index contributed by atoms with van der Waals surface area (Å²) in [4.78, 5) is 13.8. The van der Waals surface area contributed by atoms with Crippen molar-refractivity contribution >= 4 is 17.3 Å². The van der Waals surface area contributed by atoms with E-state index in [0.717, 1.165) is 29.8 Å². The van der Waals surface area contributed by atoms with Gasteiger partial charge in [0.15, 0.2) is 5.82 Å². The Bertz CT molecular complexity index is 960. The third-order valence-electron chi connectivity index (χ3n) is 6.57. The van der Waals surface area contributed by atoms with E-state index in [0.29, 0.717) is 29.4 Å². The Labute approximate surface area is 183 Å². The monoisotopic (exact) mass is 421 g/mol. The number of aromatic hydroxyl groups is 1. The third kappa shape index (κ3) is 4.71. The highest BCUT2D eigenvalue weighted by Crippen LogP contribution is 2.32. The smallest absolute Gasteiger partial charge is 0.244 e. The molecule has 2 aromatic rings. The molecule has 4 rings (SSSR count). The van der Waals surface area contributed by atoms with Gasteiger partial charge in [-0.15, -0.1) is 10.2 Å². The number of hydrogen-bond donors (Lipinski definition) is 3. The molecule has 2 aliphatic heterocycles. The van der Waals surface area contributed by atoms with Crippen molar-refractivity contribution in [2.75, 3.05) is 19.0 Å². The first kappa shape index (κ1) is 21.3. The van der Waals surface area contributed by atoms with E-state index in [9.17, 15) is 9.90 Å². The summed E-state index contributed by atoms with van der Waals surface area (Å²) in [5.41, 5.74) is 2.80. The van der Waals surface area contributed by atoms with E-state index in [2.05, 4.69) is 32.8 Å². The van der Waals surface area contributed by atoms with Gasteiger partial charge in [0.25, 0.3) is 0 Å². The minimum atomic E-state index is -0.177. The molecule has 0 radical (unpaired) electrons. The summed E-state index contributed by atoms with van der Waals surface area (Å²) in [5.74, 6) is 0.793. The molecule has 3 heterocycles. The summed E-state index contributed by atoms with van der Waals surface area (Å²) in [6.07, 6.45) is 7.64. The molecule has 3 atom stereocenters. The van der Waals surface area contributed by atoms with Crippen molar-refractivity contribution in [3.05, 3.63) is 42.0 Å². The Kier molecular flexibility index (Phi) is 6.23. The molecule has 0 saturated carbocycles. The predicted octanol–water partition coefficient (Wildman–Crippen LogP) is 3.11.